The summed E-state index contributed by atoms with van der Waals surface area (Å²) >= 11 is 0. The van der Waals surface area contributed by atoms with Crippen molar-refractivity contribution in [2.24, 2.45) is 4.99 Å². The van der Waals surface area contributed by atoms with Crippen molar-refractivity contribution < 1.29 is 24.2 Å². The first-order chi connectivity index (χ1) is 13.9. The largest absolute Gasteiger partial charge is 0.444 e. The Morgan fingerprint density at radius 1 is 0.933 bits per heavy atom. The number of carbonyl (C=O) groups is 2. The molecule has 0 bridgehead atoms. The number of nitrogens with zero attached hydrogens (tertiary/aromatic N) is 1. The van der Waals surface area contributed by atoms with Crippen molar-refractivity contribution in [1.82, 2.24) is 10.6 Å². The topological polar surface area (TPSA) is 109 Å². The Balaban J connectivity index is 2.72. The number of ether oxygens (including phenoxy) is 2. The van der Waals surface area contributed by atoms with Crippen LogP contribution in [0.3, 0.4) is 0 Å². The third kappa shape index (κ3) is 12.1. The number of rotatable bonds is 6. The second kappa shape index (κ2) is 11.5. The minimum Gasteiger partial charge on any atom is -0.444 e. The molecule has 0 saturated carbocycles. The van der Waals surface area contributed by atoms with Gasteiger partial charge in [-0.05, 0) is 71.9 Å². The minimum atomic E-state index is -0.811. The quantitative estimate of drug-likeness (QED) is 0.479. The van der Waals surface area contributed by atoms with Gasteiger partial charge in [0.1, 0.15) is 11.2 Å². The van der Waals surface area contributed by atoms with Gasteiger partial charge in [-0.25, -0.2) is 9.59 Å². The lowest BCUT2D eigenvalue weighted by Gasteiger charge is -2.21. The molecule has 0 fully saturated rings. The van der Waals surface area contributed by atoms with E-state index in [-0.39, 0.29) is 12.6 Å². The molecule has 0 aromatic heterocycles. The molecule has 8 heteroatoms. The summed E-state index contributed by atoms with van der Waals surface area (Å²) in [5.41, 5.74) is 0.873. The average Bonchev–Trinajstić information content (AvgIpc) is 2.57. The van der Waals surface area contributed by atoms with Gasteiger partial charge in [-0.15, -0.1) is 4.99 Å². The van der Waals surface area contributed by atoms with E-state index in [1.165, 1.54) is 5.56 Å². The van der Waals surface area contributed by atoms with E-state index < -0.39 is 23.4 Å². The lowest BCUT2D eigenvalue weighted by Crippen LogP contribution is -2.44. The Hall–Kier alpha value is -2.61. The van der Waals surface area contributed by atoms with Gasteiger partial charge < -0.3 is 19.9 Å². The van der Waals surface area contributed by atoms with Crippen LogP contribution in [0.2, 0.25) is 0 Å². The fraction of sp³-hybridized carbons (Fsp3) is 0.591. The zero-order chi connectivity index (χ0) is 22.8. The van der Waals surface area contributed by atoms with Gasteiger partial charge in [-0.1, -0.05) is 24.3 Å². The molecule has 0 saturated heterocycles. The molecule has 1 aromatic carbocycles. The fourth-order valence-electron chi connectivity index (χ4n) is 2.37. The summed E-state index contributed by atoms with van der Waals surface area (Å²) in [6.45, 7) is 11.1. The zero-order valence-corrected chi connectivity index (χ0v) is 18.9. The Bertz CT molecular complexity index is 716. The monoisotopic (exact) mass is 421 g/mol. The number of aliphatic hydroxyl groups excluding tert-OH is 1. The van der Waals surface area contributed by atoms with Crippen LogP contribution in [0.1, 0.15) is 59.1 Å². The maximum absolute atomic E-state index is 12.1. The summed E-state index contributed by atoms with van der Waals surface area (Å²) in [5, 5.41) is 14.3. The highest BCUT2D eigenvalue weighted by molar-refractivity contribution is 5.98. The molecule has 1 aromatic rings. The number of aliphatic hydroxyl groups is 1. The van der Waals surface area contributed by atoms with Gasteiger partial charge in [-0.3, -0.25) is 5.32 Å². The molecule has 0 aliphatic rings. The van der Waals surface area contributed by atoms with Gasteiger partial charge in [0.05, 0.1) is 0 Å². The SMILES string of the molecule is CC(C)(C)OC(=O)/N=C(/NCCc1ccc(CCCO)cc1)NC(=O)OC(C)(C)C. The molecule has 30 heavy (non-hydrogen) atoms. The summed E-state index contributed by atoms with van der Waals surface area (Å²) in [5.74, 6) is -0.0296. The Morgan fingerprint density at radius 3 is 1.97 bits per heavy atom. The van der Waals surface area contributed by atoms with Crippen LogP contribution in [-0.2, 0) is 22.3 Å². The van der Waals surface area contributed by atoms with Crippen LogP contribution >= 0.6 is 0 Å². The smallest absolute Gasteiger partial charge is 0.437 e. The molecular formula is C22H35N3O5. The van der Waals surface area contributed by atoms with E-state index in [0.29, 0.717) is 13.0 Å². The predicted octanol–water partition coefficient (Wildman–Crippen LogP) is 3.56. The molecule has 3 N–H and O–H groups in total. The van der Waals surface area contributed by atoms with Crippen molar-refractivity contribution in [3.8, 4) is 0 Å². The lowest BCUT2D eigenvalue weighted by atomic mass is 10.1. The standard InChI is InChI=1S/C22H35N3O5/c1-21(2,3)29-19(27)24-18(25-20(28)30-22(4,5)6)23-14-13-17-11-9-16(10-12-17)8-7-15-26/h9-12,26H,7-8,13-15H2,1-6H3,(H2,23,24,25,27,28). The van der Waals surface area contributed by atoms with Gasteiger partial charge in [0.2, 0.25) is 5.96 Å². The highest BCUT2D eigenvalue weighted by Crippen LogP contribution is 2.09. The Morgan fingerprint density at radius 2 is 1.47 bits per heavy atom. The normalized spacial score (nSPS) is 12.3. The van der Waals surface area contributed by atoms with Crippen LogP contribution in [-0.4, -0.2) is 47.6 Å². The predicted molar refractivity (Wildman–Crippen MR) is 117 cm³/mol. The van der Waals surface area contributed by atoms with Gasteiger partial charge in [0, 0.05) is 13.2 Å². The van der Waals surface area contributed by atoms with E-state index in [9.17, 15) is 9.59 Å². The van der Waals surface area contributed by atoms with Crippen LogP contribution in [0.5, 0.6) is 0 Å². The number of hydrogen-bond donors (Lipinski definition) is 3. The van der Waals surface area contributed by atoms with Gasteiger partial charge in [0.15, 0.2) is 0 Å². The molecule has 0 heterocycles. The molecule has 2 amide bonds. The summed E-state index contributed by atoms with van der Waals surface area (Å²) in [6.07, 6.45) is 0.701. The first-order valence-corrected chi connectivity index (χ1v) is 10.1. The van der Waals surface area contributed by atoms with Crippen LogP contribution in [0.4, 0.5) is 9.59 Å². The van der Waals surface area contributed by atoms with E-state index in [4.69, 9.17) is 14.6 Å². The minimum absolute atomic E-state index is 0.0296. The highest BCUT2D eigenvalue weighted by atomic mass is 16.6. The van der Waals surface area contributed by atoms with Crippen molar-refractivity contribution in [2.45, 2.75) is 72.0 Å². The zero-order valence-electron chi connectivity index (χ0n) is 18.9. The maximum Gasteiger partial charge on any atom is 0.437 e. The van der Waals surface area contributed by atoms with E-state index in [1.54, 1.807) is 41.5 Å². The number of guanidine groups is 1. The molecule has 1 rings (SSSR count). The van der Waals surface area contributed by atoms with Gasteiger partial charge in [0.25, 0.3) is 0 Å². The number of aryl methyl sites for hydroxylation is 1. The Kier molecular flexibility index (Phi) is 9.78. The Labute approximate surface area is 179 Å². The molecule has 8 nitrogen and oxygen atoms in total. The number of nitrogens with one attached hydrogen (secondary N) is 2. The van der Waals surface area contributed by atoms with E-state index in [1.807, 2.05) is 24.3 Å². The van der Waals surface area contributed by atoms with Crippen molar-refractivity contribution in [3.63, 3.8) is 0 Å². The molecular weight excluding hydrogens is 386 g/mol. The van der Waals surface area contributed by atoms with Crippen LogP contribution in [0.25, 0.3) is 0 Å². The molecule has 0 unspecified atom stereocenters. The summed E-state index contributed by atoms with van der Waals surface area (Å²) in [7, 11) is 0. The number of carbonyl (C=O) groups excluding carboxylic acids is 2. The molecule has 0 spiro atoms. The molecule has 0 aliphatic carbocycles. The van der Waals surface area contributed by atoms with Crippen LogP contribution in [0.15, 0.2) is 29.3 Å². The first-order valence-electron chi connectivity index (χ1n) is 10.1. The molecule has 0 atom stereocenters. The molecule has 0 aliphatic heterocycles. The highest BCUT2D eigenvalue weighted by Gasteiger charge is 2.20. The van der Waals surface area contributed by atoms with Crippen molar-refractivity contribution in [2.75, 3.05) is 13.2 Å². The van der Waals surface area contributed by atoms with Gasteiger partial charge in [-0.2, -0.15) is 0 Å². The van der Waals surface area contributed by atoms with Crippen LogP contribution in [0, 0.1) is 0 Å². The molecule has 0 radical (unpaired) electrons. The van der Waals surface area contributed by atoms with Crippen molar-refractivity contribution >= 4 is 18.1 Å². The van der Waals surface area contributed by atoms with Crippen molar-refractivity contribution in [3.05, 3.63) is 35.4 Å². The van der Waals surface area contributed by atoms with Crippen molar-refractivity contribution in [1.29, 1.82) is 0 Å². The number of aliphatic imine (C=N–C) groups is 1. The second-order valence-electron chi connectivity index (χ2n) is 8.89. The first kappa shape index (κ1) is 25.4. The average molecular weight is 422 g/mol. The lowest BCUT2D eigenvalue weighted by molar-refractivity contribution is 0.0560. The van der Waals surface area contributed by atoms with E-state index in [0.717, 1.165) is 18.4 Å². The number of alkyl carbamates (subject to hydrolysis) is 1. The summed E-state index contributed by atoms with van der Waals surface area (Å²) < 4.78 is 10.4. The van der Waals surface area contributed by atoms with Gasteiger partial charge >= 0.3 is 12.2 Å². The molecule has 168 valence electrons. The summed E-state index contributed by atoms with van der Waals surface area (Å²) in [4.78, 5) is 27.9. The second-order valence-corrected chi connectivity index (χ2v) is 8.89. The number of amides is 2. The van der Waals surface area contributed by atoms with Crippen LogP contribution < -0.4 is 10.6 Å². The maximum atomic E-state index is 12.1. The third-order valence-electron chi connectivity index (χ3n) is 3.57. The fourth-order valence-corrected chi connectivity index (χ4v) is 2.37. The summed E-state index contributed by atoms with van der Waals surface area (Å²) in [6, 6.07) is 8.08. The van der Waals surface area contributed by atoms with E-state index in [2.05, 4.69) is 15.6 Å². The number of benzene rings is 1. The third-order valence-corrected chi connectivity index (χ3v) is 3.57. The number of hydrogen-bond acceptors (Lipinski definition) is 5. The van der Waals surface area contributed by atoms with E-state index >= 15 is 0 Å².